The lowest BCUT2D eigenvalue weighted by molar-refractivity contribution is 1.13. The van der Waals surface area contributed by atoms with Crippen LogP contribution in [0.4, 0.5) is 0 Å². The van der Waals surface area contributed by atoms with Crippen LogP contribution < -0.4 is 0 Å². The Morgan fingerprint density at radius 1 is 1.67 bits per heavy atom. The van der Waals surface area contributed by atoms with E-state index in [1.54, 1.807) is 0 Å². The predicted molar refractivity (Wildman–Crippen MR) is 34.2 cm³/mol. The smallest absolute Gasteiger partial charge is 0.0559 e. The molecule has 0 radical (unpaired) electrons. The molecule has 6 heavy (non-hydrogen) atoms. The van der Waals surface area contributed by atoms with Crippen LogP contribution in [0.3, 0.4) is 0 Å². The van der Waals surface area contributed by atoms with Crippen molar-refractivity contribution in [3.63, 3.8) is 0 Å². The molecule has 0 nitrogen and oxygen atoms in total. The van der Waals surface area contributed by atoms with Crippen LogP contribution in [0.15, 0.2) is 0 Å². The Morgan fingerprint density at radius 2 is 2.17 bits per heavy atom. The van der Waals surface area contributed by atoms with Gasteiger partial charge in [-0.25, -0.2) is 0 Å². The molecule has 3 heteroatoms. The zero-order chi connectivity index (χ0) is 4.99. The monoisotopic (exact) mass is 144 g/mol. The Hall–Kier alpha value is 0.930. The van der Waals surface area contributed by atoms with E-state index < -0.39 is 0 Å². The van der Waals surface area contributed by atoms with Crippen LogP contribution in [0.5, 0.6) is 0 Å². The zero-order valence-corrected chi connectivity index (χ0v) is 5.60. The molecular formula is C3H6Cl2S. The number of rotatable bonds is 2. The standard InChI is InChI=1S/C3H6Cl2S/c4-1-3(5)2-6/h3,6H,1-2H2. The van der Waals surface area contributed by atoms with Crippen molar-refractivity contribution in [2.24, 2.45) is 0 Å². The first kappa shape index (κ1) is 6.93. The van der Waals surface area contributed by atoms with Crippen molar-refractivity contribution in [1.82, 2.24) is 0 Å². The summed E-state index contributed by atoms with van der Waals surface area (Å²) < 4.78 is 0. The SMILES string of the molecule is SCC(Cl)CCl. The Morgan fingerprint density at radius 3 is 2.17 bits per heavy atom. The van der Waals surface area contributed by atoms with Crippen LogP contribution in [-0.4, -0.2) is 17.0 Å². The van der Waals surface area contributed by atoms with Gasteiger partial charge in [0.1, 0.15) is 0 Å². The van der Waals surface area contributed by atoms with Gasteiger partial charge >= 0.3 is 0 Å². The molecule has 0 bridgehead atoms. The van der Waals surface area contributed by atoms with Crippen LogP contribution in [0, 0.1) is 0 Å². The summed E-state index contributed by atoms with van der Waals surface area (Å²) in [6.45, 7) is 0. The van der Waals surface area contributed by atoms with E-state index in [1.165, 1.54) is 0 Å². The molecule has 0 aliphatic rings. The Bertz CT molecular complexity index is 28.0. The number of alkyl halides is 2. The number of thiol groups is 1. The minimum absolute atomic E-state index is 0.0370. The molecule has 0 saturated heterocycles. The minimum atomic E-state index is 0.0370. The first-order chi connectivity index (χ1) is 2.81. The molecule has 1 unspecified atom stereocenters. The summed E-state index contributed by atoms with van der Waals surface area (Å²) in [7, 11) is 0. The fraction of sp³-hybridized carbons (Fsp3) is 1.00. The molecule has 0 fully saturated rings. The molecule has 0 saturated carbocycles. The lowest BCUT2D eigenvalue weighted by Gasteiger charge is -1.93. The van der Waals surface area contributed by atoms with Gasteiger partial charge in [-0.2, -0.15) is 12.6 Å². The largest absolute Gasteiger partial charge is 0.178 e. The predicted octanol–water partition coefficient (Wildman–Crippen LogP) is 1.76. The maximum absolute atomic E-state index is 5.44. The van der Waals surface area contributed by atoms with Crippen LogP contribution >= 0.6 is 35.8 Å². The first-order valence-electron chi connectivity index (χ1n) is 1.62. The second kappa shape index (κ2) is 4.10. The third-order valence-electron chi connectivity index (χ3n) is 0.366. The van der Waals surface area contributed by atoms with E-state index in [2.05, 4.69) is 12.6 Å². The maximum atomic E-state index is 5.44. The summed E-state index contributed by atoms with van der Waals surface area (Å²) >= 11 is 14.6. The molecule has 0 aliphatic carbocycles. The van der Waals surface area contributed by atoms with E-state index in [9.17, 15) is 0 Å². The van der Waals surface area contributed by atoms with Gasteiger partial charge in [-0.05, 0) is 0 Å². The Labute approximate surface area is 53.2 Å². The highest BCUT2D eigenvalue weighted by molar-refractivity contribution is 7.80. The summed E-state index contributed by atoms with van der Waals surface area (Å²) in [5.41, 5.74) is 0. The molecular weight excluding hydrogens is 139 g/mol. The molecule has 0 aliphatic heterocycles. The van der Waals surface area contributed by atoms with Crippen molar-refractivity contribution in [1.29, 1.82) is 0 Å². The van der Waals surface area contributed by atoms with Gasteiger partial charge in [0.15, 0.2) is 0 Å². The third kappa shape index (κ3) is 3.13. The first-order valence-corrected chi connectivity index (χ1v) is 3.22. The second-order valence-corrected chi connectivity index (χ2v) is 2.23. The van der Waals surface area contributed by atoms with Crippen LogP contribution in [0.1, 0.15) is 0 Å². The quantitative estimate of drug-likeness (QED) is 0.444. The van der Waals surface area contributed by atoms with Crippen LogP contribution in [0.25, 0.3) is 0 Å². The van der Waals surface area contributed by atoms with Gasteiger partial charge in [-0.1, -0.05) is 0 Å². The fourth-order valence-electron chi connectivity index (χ4n) is 0.0488. The molecule has 0 aromatic carbocycles. The van der Waals surface area contributed by atoms with Gasteiger partial charge in [-0.15, -0.1) is 23.2 Å². The Kier molecular flexibility index (Phi) is 4.73. The molecule has 0 aromatic heterocycles. The van der Waals surface area contributed by atoms with E-state index in [1.807, 2.05) is 0 Å². The van der Waals surface area contributed by atoms with Gasteiger partial charge in [0, 0.05) is 11.6 Å². The van der Waals surface area contributed by atoms with Gasteiger partial charge < -0.3 is 0 Å². The third-order valence-corrected chi connectivity index (χ3v) is 1.86. The highest BCUT2D eigenvalue weighted by atomic mass is 35.5. The number of hydrogen-bond acceptors (Lipinski definition) is 1. The van der Waals surface area contributed by atoms with Gasteiger partial charge in [0.25, 0.3) is 0 Å². The summed E-state index contributed by atoms with van der Waals surface area (Å²) in [5, 5.41) is 0.0370. The average molecular weight is 145 g/mol. The highest BCUT2D eigenvalue weighted by Gasteiger charge is 1.94. The summed E-state index contributed by atoms with van der Waals surface area (Å²) in [4.78, 5) is 0. The second-order valence-electron chi connectivity index (χ2n) is 0.934. The summed E-state index contributed by atoms with van der Waals surface area (Å²) in [5.74, 6) is 1.15. The zero-order valence-electron chi connectivity index (χ0n) is 3.19. The van der Waals surface area contributed by atoms with E-state index >= 15 is 0 Å². The lowest BCUT2D eigenvalue weighted by Crippen LogP contribution is -1.99. The summed E-state index contributed by atoms with van der Waals surface area (Å²) in [6.07, 6.45) is 0. The average Bonchev–Trinajstić information content (AvgIpc) is 1.65. The van der Waals surface area contributed by atoms with Crippen LogP contribution in [0.2, 0.25) is 0 Å². The lowest BCUT2D eigenvalue weighted by atomic mass is 10.6. The normalized spacial score (nSPS) is 14.5. The minimum Gasteiger partial charge on any atom is -0.178 e. The highest BCUT2D eigenvalue weighted by Crippen LogP contribution is 1.98. The molecule has 38 valence electrons. The van der Waals surface area contributed by atoms with Crippen molar-refractivity contribution in [2.45, 2.75) is 5.38 Å². The number of hydrogen-bond donors (Lipinski definition) is 1. The molecule has 0 rings (SSSR count). The molecule has 1 atom stereocenters. The van der Waals surface area contributed by atoms with E-state index in [-0.39, 0.29) is 5.38 Å². The molecule has 0 aromatic rings. The topological polar surface area (TPSA) is 0 Å². The van der Waals surface area contributed by atoms with Crippen molar-refractivity contribution in [3.05, 3.63) is 0 Å². The summed E-state index contributed by atoms with van der Waals surface area (Å²) in [6, 6.07) is 0. The number of halogens is 2. The van der Waals surface area contributed by atoms with Crippen molar-refractivity contribution in [2.75, 3.05) is 11.6 Å². The molecule has 0 spiro atoms. The molecule has 0 heterocycles. The van der Waals surface area contributed by atoms with Gasteiger partial charge in [0.2, 0.25) is 0 Å². The van der Waals surface area contributed by atoms with E-state index in [0.29, 0.717) is 11.6 Å². The fourth-order valence-corrected chi connectivity index (χ4v) is 0.439. The van der Waals surface area contributed by atoms with Gasteiger partial charge in [0.05, 0.1) is 5.38 Å². The van der Waals surface area contributed by atoms with Crippen molar-refractivity contribution >= 4 is 35.8 Å². The Balaban J connectivity index is 2.75. The van der Waals surface area contributed by atoms with Crippen molar-refractivity contribution < 1.29 is 0 Å². The van der Waals surface area contributed by atoms with E-state index in [4.69, 9.17) is 23.2 Å². The molecule has 0 N–H and O–H groups in total. The van der Waals surface area contributed by atoms with Crippen LogP contribution in [-0.2, 0) is 0 Å². The maximum Gasteiger partial charge on any atom is 0.0559 e. The molecule has 0 amide bonds. The van der Waals surface area contributed by atoms with E-state index in [0.717, 1.165) is 0 Å². The van der Waals surface area contributed by atoms with Crippen molar-refractivity contribution in [3.8, 4) is 0 Å². The van der Waals surface area contributed by atoms with Gasteiger partial charge in [-0.3, -0.25) is 0 Å².